The summed E-state index contributed by atoms with van der Waals surface area (Å²) in [6.07, 6.45) is 1.60. The van der Waals surface area contributed by atoms with E-state index < -0.39 is 10.8 Å². The van der Waals surface area contributed by atoms with E-state index in [-0.39, 0.29) is 17.1 Å². The number of aromatic hydroxyl groups is 1. The molecule has 8 heteroatoms. The molecule has 0 aliphatic carbocycles. The second-order valence-corrected chi connectivity index (χ2v) is 4.40. The van der Waals surface area contributed by atoms with E-state index in [1.807, 2.05) is 6.92 Å². The Morgan fingerprint density at radius 2 is 2.24 bits per heavy atom. The molecule has 0 aliphatic heterocycles. The van der Waals surface area contributed by atoms with Gasteiger partial charge in [-0.1, -0.05) is 0 Å². The highest BCUT2D eigenvalue weighted by molar-refractivity contribution is 6.05. The molecule has 0 bridgehead atoms. The maximum absolute atomic E-state index is 12.1. The van der Waals surface area contributed by atoms with Crippen LogP contribution in [-0.2, 0) is 6.54 Å². The summed E-state index contributed by atoms with van der Waals surface area (Å²) in [4.78, 5) is 22.1. The summed E-state index contributed by atoms with van der Waals surface area (Å²) in [7, 11) is 0. The van der Waals surface area contributed by atoms with Gasteiger partial charge in [-0.05, 0) is 19.9 Å². The van der Waals surface area contributed by atoms with Gasteiger partial charge in [-0.15, -0.1) is 0 Å². The Kier molecular flexibility index (Phi) is 3.88. The largest absolute Gasteiger partial charge is 0.506 e. The highest BCUT2D eigenvalue weighted by Crippen LogP contribution is 2.28. The van der Waals surface area contributed by atoms with Crippen LogP contribution in [0.15, 0.2) is 24.4 Å². The minimum Gasteiger partial charge on any atom is -0.506 e. The number of aromatic nitrogens is 2. The number of carbonyl (C=O) groups is 1. The van der Waals surface area contributed by atoms with Crippen molar-refractivity contribution in [2.45, 2.75) is 20.4 Å². The van der Waals surface area contributed by atoms with Gasteiger partial charge < -0.3 is 10.4 Å². The number of rotatable bonds is 4. The summed E-state index contributed by atoms with van der Waals surface area (Å²) in [5.74, 6) is -0.797. The molecular weight excluding hydrogens is 276 g/mol. The molecule has 0 atom stereocenters. The van der Waals surface area contributed by atoms with Crippen molar-refractivity contribution in [3.8, 4) is 5.75 Å². The lowest BCUT2D eigenvalue weighted by Gasteiger charge is -2.06. The van der Waals surface area contributed by atoms with Crippen molar-refractivity contribution < 1.29 is 14.8 Å². The fourth-order valence-electron chi connectivity index (χ4n) is 1.83. The second-order valence-electron chi connectivity index (χ2n) is 4.40. The first-order valence-corrected chi connectivity index (χ1v) is 6.25. The number of phenolic OH excluding ortho intramolecular Hbond substituents is 1. The normalized spacial score (nSPS) is 10.4. The molecule has 21 heavy (non-hydrogen) atoms. The number of amides is 1. The molecule has 1 aromatic carbocycles. The fourth-order valence-corrected chi connectivity index (χ4v) is 1.83. The number of nitrogens with zero attached hydrogens (tertiary/aromatic N) is 3. The Morgan fingerprint density at radius 3 is 2.76 bits per heavy atom. The van der Waals surface area contributed by atoms with Crippen molar-refractivity contribution in [2.75, 3.05) is 5.32 Å². The quantitative estimate of drug-likeness (QED) is 0.509. The number of phenols is 1. The molecule has 2 aromatic rings. The number of hydrogen-bond donors (Lipinski definition) is 2. The van der Waals surface area contributed by atoms with Crippen molar-refractivity contribution in [2.24, 2.45) is 0 Å². The lowest BCUT2D eigenvalue weighted by Crippen LogP contribution is -2.12. The van der Waals surface area contributed by atoms with Crippen LogP contribution in [0.1, 0.15) is 23.0 Å². The number of hydrogen-bond acceptors (Lipinski definition) is 5. The van der Waals surface area contributed by atoms with Crippen LogP contribution in [0, 0.1) is 17.0 Å². The van der Waals surface area contributed by atoms with Crippen molar-refractivity contribution in [1.29, 1.82) is 0 Å². The summed E-state index contributed by atoms with van der Waals surface area (Å²) in [6.45, 7) is 4.24. The van der Waals surface area contributed by atoms with E-state index in [0.29, 0.717) is 17.8 Å². The molecular formula is C13H14N4O4. The Morgan fingerprint density at radius 1 is 1.52 bits per heavy atom. The third-order valence-electron chi connectivity index (χ3n) is 2.96. The number of non-ortho nitro benzene ring substituents is 1. The molecule has 0 aliphatic rings. The van der Waals surface area contributed by atoms with Gasteiger partial charge in [0.25, 0.3) is 11.6 Å². The Balaban J connectivity index is 2.23. The summed E-state index contributed by atoms with van der Waals surface area (Å²) in [6, 6.07) is 3.47. The molecule has 0 radical (unpaired) electrons. The zero-order valence-electron chi connectivity index (χ0n) is 11.5. The molecule has 0 saturated heterocycles. The highest BCUT2D eigenvalue weighted by atomic mass is 16.6. The van der Waals surface area contributed by atoms with Crippen molar-refractivity contribution in [1.82, 2.24) is 9.78 Å². The van der Waals surface area contributed by atoms with Crippen LogP contribution in [0.2, 0.25) is 0 Å². The standard InChI is InChI=1S/C13H14N4O4/c1-3-16-7-10(8(2)15-16)13(19)14-11-5-4-9(17(20)21)6-12(11)18/h4-7,18H,3H2,1-2H3,(H,14,19). The van der Waals surface area contributed by atoms with E-state index in [0.717, 1.165) is 6.07 Å². The van der Waals surface area contributed by atoms with Crippen LogP contribution in [-0.4, -0.2) is 25.7 Å². The van der Waals surface area contributed by atoms with Gasteiger partial charge in [0.05, 0.1) is 27.9 Å². The maximum Gasteiger partial charge on any atom is 0.273 e. The molecule has 1 heterocycles. The summed E-state index contributed by atoms with van der Waals surface area (Å²) in [5.41, 5.74) is 0.806. The molecule has 0 unspecified atom stereocenters. The average molecular weight is 290 g/mol. The van der Waals surface area contributed by atoms with Gasteiger partial charge in [-0.25, -0.2) is 0 Å². The number of anilines is 1. The van der Waals surface area contributed by atoms with Gasteiger partial charge in [0, 0.05) is 18.8 Å². The third-order valence-corrected chi connectivity index (χ3v) is 2.96. The van der Waals surface area contributed by atoms with Crippen molar-refractivity contribution in [3.05, 3.63) is 45.8 Å². The van der Waals surface area contributed by atoms with Crippen molar-refractivity contribution in [3.63, 3.8) is 0 Å². The Hall–Kier alpha value is -2.90. The van der Waals surface area contributed by atoms with E-state index in [2.05, 4.69) is 10.4 Å². The van der Waals surface area contributed by atoms with E-state index in [1.54, 1.807) is 17.8 Å². The van der Waals surface area contributed by atoms with E-state index in [1.165, 1.54) is 12.1 Å². The third kappa shape index (κ3) is 2.99. The minimum absolute atomic E-state index is 0.106. The number of benzene rings is 1. The zero-order chi connectivity index (χ0) is 15.6. The number of nitro groups is 1. The second kappa shape index (κ2) is 5.61. The lowest BCUT2D eigenvalue weighted by molar-refractivity contribution is -0.384. The predicted molar refractivity (Wildman–Crippen MR) is 75.4 cm³/mol. The SMILES string of the molecule is CCn1cc(C(=O)Nc2ccc([N+](=O)[O-])cc2O)c(C)n1. The number of nitrogens with one attached hydrogen (secondary N) is 1. The minimum atomic E-state index is -0.624. The van der Waals surface area contributed by atoms with Crippen LogP contribution in [0.4, 0.5) is 11.4 Å². The Bertz CT molecular complexity index is 708. The van der Waals surface area contributed by atoms with Crippen LogP contribution in [0.25, 0.3) is 0 Å². The van der Waals surface area contributed by atoms with Crippen LogP contribution < -0.4 is 5.32 Å². The number of carbonyl (C=O) groups excluding carboxylic acids is 1. The van der Waals surface area contributed by atoms with Gasteiger partial charge in [0.1, 0.15) is 5.75 Å². The lowest BCUT2D eigenvalue weighted by atomic mass is 10.2. The topological polar surface area (TPSA) is 110 Å². The highest BCUT2D eigenvalue weighted by Gasteiger charge is 2.16. The molecule has 1 amide bonds. The van der Waals surface area contributed by atoms with Gasteiger partial charge in [0.15, 0.2) is 0 Å². The van der Waals surface area contributed by atoms with E-state index in [4.69, 9.17) is 0 Å². The summed E-state index contributed by atoms with van der Waals surface area (Å²) >= 11 is 0. The first-order valence-electron chi connectivity index (χ1n) is 6.25. The predicted octanol–water partition coefficient (Wildman–Crippen LogP) is 2.08. The van der Waals surface area contributed by atoms with Gasteiger partial charge >= 0.3 is 0 Å². The van der Waals surface area contributed by atoms with Gasteiger partial charge in [-0.2, -0.15) is 5.10 Å². The maximum atomic E-state index is 12.1. The molecule has 1 aromatic heterocycles. The van der Waals surface area contributed by atoms with Crippen LogP contribution >= 0.6 is 0 Å². The first-order chi connectivity index (χ1) is 9.92. The molecule has 2 N–H and O–H groups in total. The molecule has 0 fully saturated rings. The summed E-state index contributed by atoms with van der Waals surface area (Å²) in [5, 5.41) is 27.0. The fraction of sp³-hybridized carbons (Fsp3) is 0.231. The molecule has 8 nitrogen and oxygen atoms in total. The molecule has 0 spiro atoms. The van der Waals surface area contributed by atoms with Crippen molar-refractivity contribution >= 4 is 17.3 Å². The van der Waals surface area contributed by atoms with Gasteiger partial charge in [-0.3, -0.25) is 19.6 Å². The number of nitro benzene ring substituents is 1. The zero-order valence-corrected chi connectivity index (χ0v) is 11.5. The van der Waals surface area contributed by atoms with Crippen LogP contribution in [0.3, 0.4) is 0 Å². The van der Waals surface area contributed by atoms with E-state index >= 15 is 0 Å². The number of aryl methyl sites for hydroxylation is 2. The summed E-state index contributed by atoms with van der Waals surface area (Å²) < 4.78 is 1.62. The van der Waals surface area contributed by atoms with Crippen LogP contribution in [0.5, 0.6) is 5.75 Å². The monoisotopic (exact) mass is 290 g/mol. The molecule has 110 valence electrons. The van der Waals surface area contributed by atoms with Gasteiger partial charge in [0.2, 0.25) is 0 Å². The first kappa shape index (κ1) is 14.5. The average Bonchev–Trinajstić information content (AvgIpc) is 2.82. The smallest absolute Gasteiger partial charge is 0.273 e. The van der Waals surface area contributed by atoms with E-state index in [9.17, 15) is 20.0 Å². The Labute approximate surface area is 120 Å². The molecule has 0 saturated carbocycles. The molecule has 2 rings (SSSR count).